The minimum Gasteiger partial charge on any atom is -0.510 e. The smallest absolute Gasteiger partial charge is 0.329 e. The van der Waals surface area contributed by atoms with E-state index in [1.807, 2.05) is 6.07 Å². The van der Waals surface area contributed by atoms with E-state index < -0.39 is 6.04 Å². The van der Waals surface area contributed by atoms with Gasteiger partial charge in [-0.15, -0.1) is 4.99 Å². The Morgan fingerprint density at radius 2 is 1.97 bits per heavy atom. The summed E-state index contributed by atoms with van der Waals surface area (Å²) in [5.41, 5.74) is 1.33. The van der Waals surface area contributed by atoms with Crippen LogP contribution in [0.25, 0.3) is 0 Å². The van der Waals surface area contributed by atoms with Crippen molar-refractivity contribution in [3.05, 3.63) is 77.0 Å². The number of halogens is 1. The molecule has 1 amide bonds. The lowest BCUT2D eigenvalue weighted by molar-refractivity contribution is -0.125. The van der Waals surface area contributed by atoms with Gasteiger partial charge in [-0.05, 0) is 24.3 Å². The number of benzene rings is 2. The monoisotopic (exact) mass is 421 g/mol. The second-order valence-corrected chi connectivity index (χ2v) is 7.04. The predicted molar refractivity (Wildman–Crippen MR) is 111 cm³/mol. The van der Waals surface area contributed by atoms with Gasteiger partial charge in [-0.3, -0.25) is 4.79 Å². The van der Waals surface area contributed by atoms with Crippen LogP contribution in [0.15, 0.2) is 76.5 Å². The van der Waals surface area contributed by atoms with E-state index in [1.165, 1.54) is 16.0 Å². The molecule has 0 radical (unpaired) electrons. The van der Waals surface area contributed by atoms with Gasteiger partial charge in [-0.25, -0.2) is 5.01 Å². The first kappa shape index (κ1) is 19.5. The van der Waals surface area contributed by atoms with E-state index in [-0.39, 0.29) is 30.8 Å². The molecule has 0 saturated heterocycles. The Bertz CT molecular complexity index is 1090. The summed E-state index contributed by atoms with van der Waals surface area (Å²) in [5, 5.41) is 25.5. The average molecular weight is 422 g/mol. The van der Waals surface area contributed by atoms with Gasteiger partial charge in [-0.1, -0.05) is 41.9 Å². The number of hydrogen-bond acceptors (Lipinski definition) is 6. The Kier molecular flexibility index (Phi) is 5.37. The van der Waals surface area contributed by atoms with Crippen molar-refractivity contribution in [3.63, 3.8) is 0 Å². The minimum atomic E-state index is -0.483. The summed E-state index contributed by atoms with van der Waals surface area (Å²) in [4.78, 5) is 17.7. The minimum absolute atomic E-state index is 0.0125. The fourth-order valence-corrected chi connectivity index (χ4v) is 3.41. The summed E-state index contributed by atoms with van der Waals surface area (Å²) in [6, 6.07) is 15.5. The molecule has 2 aliphatic rings. The molecule has 150 valence electrons. The molecule has 2 aromatic carbocycles. The first-order valence-corrected chi connectivity index (χ1v) is 9.45. The van der Waals surface area contributed by atoms with Gasteiger partial charge in [0.25, 0.3) is 5.91 Å². The summed E-state index contributed by atoms with van der Waals surface area (Å²) < 4.78 is 5.76. The highest BCUT2D eigenvalue weighted by atomic mass is 35.5. The number of ether oxygens (including phenoxy) is 1. The Balaban J connectivity index is 1.68. The van der Waals surface area contributed by atoms with E-state index in [0.717, 1.165) is 5.56 Å². The second-order valence-electron chi connectivity index (χ2n) is 6.60. The van der Waals surface area contributed by atoms with E-state index in [9.17, 15) is 9.90 Å². The number of hydrazone groups is 1. The molecule has 4 rings (SSSR count). The molecule has 0 spiro atoms. The number of aliphatic imine (C=N–C) groups is 1. The van der Waals surface area contributed by atoms with Gasteiger partial charge < -0.3 is 14.7 Å². The number of hydrogen-bond donors (Lipinski definition) is 1. The van der Waals surface area contributed by atoms with Crippen molar-refractivity contribution in [1.82, 2.24) is 9.91 Å². The van der Waals surface area contributed by atoms with Gasteiger partial charge in [0.2, 0.25) is 6.19 Å². The topological polar surface area (TPSA) is 102 Å². The molecule has 2 heterocycles. The summed E-state index contributed by atoms with van der Waals surface area (Å²) in [5.74, 6) is 0.166. The van der Waals surface area contributed by atoms with E-state index in [2.05, 4.69) is 10.1 Å². The molecular weight excluding hydrogens is 406 g/mol. The van der Waals surface area contributed by atoms with Crippen LogP contribution in [0.3, 0.4) is 0 Å². The van der Waals surface area contributed by atoms with Crippen LogP contribution in [0.5, 0.6) is 5.75 Å². The van der Waals surface area contributed by atoms with Crippen molar-refractivity contribution in [2.75, 3.05) is 13.1 Å². The Hall–Kier alpha value is -3.83. The number of amides is 1. The predicted octanol–water partition coefficient (Wildman–Crippen LogP) is 2.93. The van der Waals surface area contributed by atoms with E-state index >= 15 is 0 Å². The van der Waals surface area contributed by atoms with Gasteiger partial charge in [-0.2, -0.15) is 10.4 Å². The SMILES string of the molecule is N#CN=C(Oc1ccccc1)N1CC(N2CC(O)=CC2=O)C(c2ccc(Cl)cc2)=N1. The maximum atomic E-state index is 12.4. The molecule has 2 aliphatic heterocycles. The first-order valence-electron chi connectivity index (χ1n) is 9.07. The highest BCUT2D eigenvalue weighted by Crippen LogP contribution is 2.25. The number of aliphatic hydroxyl groups excluding tert-OH is 1. The summed E-state index contributed by atoms with van der Waals surface area (Å²) in [6.45, 7) is 0.284. The van der Waals surface area contributed by atoms with Crippen molar-refractivity contribution >= 4 is 29.2 Å². The lowest BCUT2D eigenvalue weighted by Gasteiger charge is -2.25. The largest absolute Gasteiger partial charge is 0.510 e. The molecular formula is C21H16ClN5O3. The standard InChI is InChI=1S/C21H16ClN5O3/c22-15-8-6-14(7-9-15)20-18(26-11-16(28)10-19(26)29)12-27(25-20)21(24-13-23)30-17-4-2-1-3-5-17/h1-10,18,28H,11-12H2. The molecule has 1 atom stereocenters. The molecule has 30 heavy (non-hydrogen) atoms. The zero-order valence-corrected chi connectivity index (χ0v) is 16.4. The lowest BCUT2D eigenvalue weighted by atomic mass is 10.0. The van der Waals surface area contributed by atoms with Crippen molar-refractivity contribution in [3.8, 4) is 11.9 Å². The van der Waals surface area contributed by atoms with Crippen LogP contribution in [-0.4, -0.2) is 51.8 Å². The van der Waals surface area contributed by atoms with E-state index in [0.29, 0.717) is 16.5 Å². The normalized spacial score (nSPS) is 18.9. The molecule has 8 nitrogen and oxygen atoms in total. The van der Waals surface area contributed by atoms with Crippen molar-refractivity contribution in [2.45, 2.75) is 6.04 Å². The van der Waals surface area contributed by atoms with Crippen LogP contribution in [0.2, 0.25) is 5.02 Å². The Morgan fingerprint density at radius 3 is 2.60 bits per heavy atom. The van der Waals surface area contributed by atoms with Gasteiger partial charge >= 0.3 is 6.02 Å². The van der Waals surface area contributed by atoms with E-state index in [1.54, 1.807) is 54.7 Å². The number of para-hydroxylation sites is 1. The molecule has 0 fully saturated rings. The third-order valence-electron chi connectivity index (χ3n) is 4.63. The third kappa shape index (κ3) is 3.97. The molecule has 1 N–H and O–H groups in total. The van der Waals surface area contributed by atoms with Gasteiger partial charge in [0.05, 0.1) is 24.8 Å². The van der Waals surface area contributed by atoms with E-state index in [4.69, 9.17) is 21.6 Å². The maximum absolute atomic E-state index is 12.4. The first-order chi connectivity index (χ1) is 14.5. The highest BCUT2D eigenvalue weighted by molar-refractivity contribution is 6.30. The Labute approximate surface area is 177 Å². The summed E-state index contributed by atoms with van der Waals surface area (Å²) in [7, 11) is 0. The average Bonchev–Trinajstić information content (AvgIpc) is 3.32. The number of nitriles is 1. The lowest BCUT2D eigenvalue weighted by Crippen LogP contribution is -2.45. The molecule has 0 saturated carbocycles. The fraction of sp³-hybridized carbons (Fsp3) is 0.143. The third-order valence-corrected chi connectivity index (χ3v) is 4.88. The van der Waals surface area contributed by atoms with Gasteiger partial charge in [0, 0.05) is 16.7 Å². The summed E-state index contributed by atoms with van der Waals surface area (Å²) in [6.07, 6.45) is 2.92. The number of nitrogens with zero attached hydrogens (tertiary/aromatic N) is 5. The van der Waals surface area contributed by atoms with Gasteiger partial charge in [0.15, 0.2) is 0 Å². The Morgan fingerprint density at radius 1 is 1.23 bits per heavy atom. The molecule has 9 heteroatoms. The fourth-order valence-electron chi connectivity index (χ4n) is 3.28. The van der Waals surface area contributed by atoms with Crippen LogP contribution in [0, 0.1) is 11.5 Å². The van der Waals surface area contributed by atoms with Crippen LogP contribution in [-0.2, 0) is 4.79 Å². The van der Waals surface area contributed by atoms with Crippen LogP contribution in [0.4, 0.5) is 0 Å². The molecule has 0 aromatic heterocycles. The van der Waals surface area contributed by atoms with Crippen molar-refractivity contribution in [2.24, 2.45) is 10.1 Å². The molecule has 2 aromatic rings. The summed E-state index contributed by atoms with van der Waals surface area (Å²) >= 11 is 6.00. The van der Waals surface area contributed by atoms with Crippen molar-refractivity contribution < 1.29 is 14.6 Å². The molecule has 0 aliphatic carbocycles. The quantitative estimate of drug-likeness (QED) is 0.466. The molecule has 0 bridgehead atoms. The molecule has 1 unspecified atom stereocenters. The highest BCUT2D eigenvalue weighted by Gasteiger charge is 2.39. The number of carbonyl (C=O) groups excluding carboxylic acids is 1. The van der Waals surface area contributed by atoms with Crippen LogP contribution < -0.4 is 4.74 Å². The maximum Gasteiger partial charge on any atom is 0.329 e. The number of rotatable bonds is 3. The number of carbonyl (C=O) groups is 1. The van der Waals surface area contributed by atoms with Gasteiger partial charge in [0.1, 0.15) is 11.5 Å². The zero-order chi connectivity index (χ0) is 21.1. The van der Waals surface area contributed by atoms with Crippen LogP contribution in [0.1, 0.15) is 5.56 Å². The number of aliphatic hydroxyl groups is 1. The second kappa shape index (κ2) is 8.27. The van der Waals surface area contributed by atoms with Crippen molar-refractivity contribution in [1.29, 1.82) is 5.26 Å². The zero-order valence-electron chi connectivity index (χ0n) is 15.6. The number of amidine groups is 1. The van der Waals surface area contributed by atoms with Crippen LogP contribution >= 0.6 is 11.6 Å².